The predicted molar refractivity (Wildman–Crippen MR) is 102 cm³/mol. The van der Waals surface area contributed by atoms with Crippen molar-refractivity contribution in [3.05, 3.63) is 71.2 Å². The molecule has 6 nitrogen and oxygen atoms in total. The molecule has 1 N–H and O–H groups in total. The Morgan fingerprint density at radius 2 is 1.68 bits per heavy atom. The monoisotopic (exact) mass is 384 g/mol. The molecule has 1 heterocycles. The number of likely N-dealkylation sites (N-methyl/N-ethyl adjacent to an activating group) is 1. The van der Waals surface area contributed by atoms with Gasteiger partial charge in [-0.25, -0.2) is 4.39 Å². The minimum absolute atomic E-state index is 0.0358. The molecule has 0 aliphatic carbocycles. The first-order valence-corrected chi connectivity index (χ1v) is 8.77. The van der Waals surface area contributed by atoms with E-state index in [0.717, 1.165) is 4.90 Å². The fourth-order valence-electron chi connectivity index (χ4n) is 3.11. The van der Waals surface area contributed by atoms with Gasteiger partial charge in [0.25, 0.3) is 11.8 Å². The third-order valence-corrected chi connectivity index (χ3v) is 4.59. The minimum Gasteiger partial charge on any atom is -0.497 e. The number of rotatable bonds is 7. The highest BCUT2D eigenvalue weighted by molar-refractivity contribution is 6.35. The first kappa shape index (κ1) is 19.6. The molecule has 1 aliphatic heterocycles. The van der Waals surface area contributed by atoms with E-state index in [1.165, 1.54) is 12.1 Å². The Balaban J connectivity index is 1.99. The summed E-state index contributed by atoms with van der Waals surface area (Å²) in [5.41, 5.74) is 1.72. The van der Waals surface area contributed by atoms with Crippen molar-refractivity contribution in [3.8, 4) is 5.75 Å². The van der Waals surface area contributed by atoms with Gasteiger partial charge in [-0.15, -0.1) is 0 Å². The molecule has 1 aliphatic rings. The van der Waals surface area contributed by atoms with Gasteiger partial charge in [-0.1, -0.05) is 24.3 Å². The zero-order valence-corrected chi connectivity index (χ0v) is 15.7. The first-order chi connectivity index (χ1) is 13.5. The molecule has 0 saturated carbocycles. The van der Waals surface area contributed by atoms with Crippen molar-refractivity contribution in [2.45, 2.75) is 6.54 Å². The molecular formula is C21H21FN2O4. The van der Waals surface area contributed by atoms with Gasteiger partial charge in [0.1, 0.15) is 17.3 Å². The first-order valence-electron chi connectivity index (χ1n) is 8.77. The molecule has 0 atom stereocenters. The van der Waals surface area contributed by atoms with Gasteiger partial charge < -0.3 is 14.7 Å². The Morgan fingerprint density at radius 1 is 1.04 bits per heavy atom. The number of imide groups is 1. The van der Waals surface area contributed by atoms with E-state index in [4.69, 9.17) is 4.74 Å². The molecule has 28 heavy (non-hydrogen) atoms. The zero-order chi connectivity index (χ0) is 20.3. The van der Waals surface area contributed by atoms with E-state index in [0.29, 0.717) is 16.9 Å². The summed E-state index contributed by atoms with van der Waals surface area (Å²) in [7, 11) is 3.20. The summed E-state index contributed by atoms with van der Waals surface area (Å²) in [6.07, 6.45) is 0. The molecule has 0 spiro atoms. The van der Waals surface area contributed by atoms with Crippen LogP contribution in [0.15, 0.2) is 54.2 Å². The van der Waals surface area contributed by atoms with Crippen molar-refractivity contribution in [1.82, 2.24) is 9.80 Å². The quantitative estimate of drug-likeness (QED) is 0.740. The van der Waals surface area contributed by atoms with Crippen LogP contribution in [0.3, 0.4) is 0 Å². The molecule has 146 valence electrons. The summed E-state index contributed by atoms with van der Waals surface area (Å²) in [5.74, 6) is -0.631. The van der Waals surface area contributed by atoms with Crippen molar-refractivity contribution in [1.29, 1.82) is 0 Å². The molecule has 2 amide bonds. The molecule has 0 unspecified atom stereocenters. The number of benzene rings is 2. The summed E-state index contributed by atoms with van der Waals surface area (Å²) in [5, 5.41) is 9.28. The Hall–Kier alpha value is -3.19. The third kappa shape index (κ3) is 3.75. The van der Waals surface area contributed by atoms with Crippen LogP contribution < -0.4 is 4.74 Å². The maximum Gasteiger partial charge on any atom is 0.278 e. The van der Waals surface area contributed by atoms with E-state index in [2.05, 4.69) is 0 Å². The van der Waals surface area contributed by atoms with E-state index in [1.54, 1.807) is 55.5 Å². The predicted octanol–water partition coefficient (Wildman–Crippen LogP) is 2.04. The number of nitrogens with zero attached hydrogens (tertiary/aromatic N) is 2. The Labute approximate surface area is 162 Å². The van der Waals surface area contributed by atoms with Gasteiger partial charge >= 0.3 is 0 Å². The SMILES string of the molecule is COc1ccc(C2=C(N(C)CCO)C(=O)N(Cc3ccc(F)cc3)C2=O)cc1. The Bertz CT molecular complexity index is 907. The van der Waals surface area contributed by atoms with E-state index >= 15 is 0 Å². The lowest BCUT2D eigenvalue weighted by molar-refractivity contribution is -0.138. The number of hydrogen-bond donors (Lipinski definition) is 1. The van der Waals surface area contributed by atoms with E-state index in [-0.39, 0.29) is 36.8 Å². The van der Waals surface area contributed by atoms with Gasteiger partial charge in [-0.2, -0.15) is 0 Å². The fourth-order valence-corrected chi connectivity index (χ4v) is 3.11. The Morgan fingerprint density at radius 3 is 2.25 bits per heavy atom. The highest BCUT2D eigenvalue weighted by atomic mass is 19.1. The van der Waals surface area contributed by atoms with Crippen LogP contribution in [0.1, 0.15) is 11.1 Å². The second kappa shape index (κ2) is 8.22. The van der Waals surface area contributed by atoms with Crippen LogP contribution in [0.25, 0.3) is 5.57 Å². The van der Waals surface area contributed by atoms with E-state index in [1.807, 2.05) is 0 Å². The molecule has 3 rings (SSSR count). The number of amides is 2. The number of hydrogen-bond acceptors (Lipinski definition) is 5. The highest BCUT2D eigenvalue weighted by Gasteiger charge is 2.40. The second-order valence-electron chi connectivity index (χ2n) is 6.42. The summed E-state index contributed by atoms with van der Waals surface area (Å²) < 4.78 is 18.3. The second-order valence-corrected chi connectivity index (χ2v) is 6.42. The number of aliphatic hydroxyl groups is 1. The van der Waals surface area contributed by atoms with Crippen LogP contribution in [0.2, 0.25) is 0 Å². The topological polar surface area (TPSA) is 70.1 Å². The standard InChI is InChI=1S/C21H21FN2O4/c1-23(11-12-25)19-18(15-5-9-17(28-2)10-6-15)20(26)24(21(19)27)13-14-3-7-16(22)8-4-14/h3-10,25H,11-13H2,1-2H3. The third-order valence-electron chi connectivity index (χ3n) is 4.59. The number of ether oxygens (including phenoxy) is 1. The number of carbonyl (C=O) groups is 2. The Kier molecular flexibility index (Phi) is 5.75. The lowest BCUT2D eigenvalue weighted by Gasteiger charge is -2.20. The van der Waals surface area contributed by atoms with Crippen LogP contribution >= 0.6 is 0 Å². The summed E-state index contributed by atoms with van der Waals surface area (Å²) in [6.45, 7) is 0.0851. The van der Waals surface area contributed by atoms with Crippen molar-refractivity contribution in [2.75, 3.05) is 27.3 Å². The van der Waals surface area contributed by atoms with Crippen LogP contribution in [-0.2, 0) is 16.1 Å². The highest BCUT2D eigenvalue weighted by Crippen LogP contribution is 2.32. The molecule has 2 aromatic rings. The van der Waals surface area contributed by atoms with Crippen LogP contribution in [0.4, 0.5) is 4.39 Å². The van der Waals surface area contributed by atoms with Crippen LogP contribution in [-0.4, -0.2) is 54.0 Å². The van der Waals surface area contributed by atoms with Crippen molar-refractivity contribution >= 4 is 17.4 Å². The molecule has 2 aromatic carbocycles. The number of halogens is 1. The number of carbonyl (C=O) groups excluding carboxylic acids is 2. The van der Waals surface area contributed by atoms with Gasteiger partial charge in [0.05, 0.1) is 25.8 Å². The molecule has 7 heteroatoms. The lowest BCUT2D eigenvalue weighted by Crippen LogP contribution is -2.34. The maximum absolute atomic E-state index is 13.2. The largest absolute Gasteiger partial charge is 0.497 e. The van der Waals surface area contributed by atoms with Crippen molar-refractivity contribution in [3.63, 3.8) is 0 Å². The van der Waals surface area contributed by atoms with Gasteiger partial charge in [0, 0.05) is 13.6 Å². The van der Waals surface area contributed by atoms with Crippen molar-refractivity contribution in [2.24, 2.45) is 0 Å². The van der Waals surface area contributed by atoms with Gasteiger partial charge in [-0.05, 0) is 35.4 Å². The molecule has 0 bridgehead atoms. The maximum atomic E-state index is 13.2. The average Bonchev–Trinajstić information content (AvgIpc) is 2.94. The average molecular weight is 384 g/mol. The number of methoxy groups -OCH3 is 1. The van der Waals surface area contributed by atoms with Crippen LogP contribution in [0.5, 0.6) is 5.75 Å². The van der Waals surface area contributed by atoms with Gasteiger partial charge in [0.2, 0.25) is 0 Å². The van der Waals surface area contributed by atoms with Gasteiger partial charge in [-0.3, -0.25) is 14.5 Å². The summed E-state index contributed by atoms with van der Waals surface area (Å²) >= 11 is 0. The molecular weight excluding hydrogens is 363 g/mol. The lowest BCUT2D eigenvalue weighted by atomic mass is 10.0. The van der Waals surface area contributed by atoms with Gasteiger partial charge in [0.15, 0.2) is 0 Å². The molecule has 0 radical (unpaired) electrons. The summed E-state index contributed by atoms with van der Waals surface area (Å²) in [6, 6.07) is 12.5. The van der Waals surface area contributed by atoms with Crippen LogP contribution in [0, 0.1) is 5.82 Å². The minimum atomic E-state index is -0.448. The van der Waals surface area contributed by atoms with Crippen molar-refractivity contribution < 1.29 is 23.8 Å². The summed E-state index contributed by atoms with van der Waals surface area (Å²) in [4.78, 5) is 28.9. The number of aliphatic hydroxyl groups excluding tert-OH is 1. The normalized spacial score (nSPS) is 14.1. The smallest absolute Gasteiger partial charge is 0.278 e. The molecule has 0 fully saturated rings. The molecule has 0 aromatic heterocycles. The van der Waals surface area contributed by atoms with E-state index < -0.39 is 11.8 Å². The molecule has 0 saturated heterocycles. The fraction of sp³-hybridized carbons (Fsp3) is 0.238. The van der Waals surface area contributed by atoms with E-state index in [9.17, 15) is 19.1 Å². The zero-order valence-electron chi connectivity index (χ0n) is 15.7.